The van der Waals surface area contributed by atoms with Gasteiger partial charge in [0.2, 0.25) is 3.79 Å². The summed E-state index contributed by atoms with van der Waals surface area (Å²) in [6, 6.07) is 14.6. The lowest BCUT2D eigenvalue weighted by molar-refractivity contribution is 0.0934. The lowest BCUT2D eigenvalue weighted by atomic mass is 10.2. The summed E-state index contributed by atoms with van der Waals surface area (Å²) >= 11 is 27.6. The van der Waals surface area contributed by atoms with E-state index in [0.29, 0.717) is 5.56 Å². The molecule has 3 N–H and O–H groups in total. The molecule has 0 aliphatic carbocycles. The van der Waals surface area contributed by atoms with Crippen molar-refractivity contribution in [1.82, 2.24) is 10.6 Å². The van der Waals surface area contributed by atoms with Gasteiger partial charge in [-0.1, -0.05) is 34.8 Å². The number of carbonyl (C=O) groups is 1. The monoisotopic (exact) mass is 653 g/mol. The standard InChI is InChI=1S/C16H12Cl3I2N3OS/c17-16(18,19)14(23-13(25)9-1-3-10(20)4-2-9)24-15(26)22-12-7-5-11(21)6-8-12/h1-8,14H,(H,23,25)(H2,22,24,26). The topological polar surface area (TPSA) is 53.2 Å². The Balaban J connectivity index is 2.04. The molecular formula is C16H12Cl3I2N3OS. The number of rotatable bonds is 4. The van der Waals surface area contributed by atoms with Crippen molar-refractivity contribution in [3.8, 4) is 0 Å². The van der Waals surface area contributed by atoms with Crippen LogP contribution in [-0.4, -0.2) is 21.0 Å². The second-order valence-corrected chi connectivity index (χ2v) is 10.3. The van der Waals surface area contributed by atoms with Crippen molar-refractivity contribution in [2.24, 2.45) is 0 Å². The zero-order chi connectivity index (χ0) is 19.3. The van der Waals surface area contributed by atoms with Gasteiger partial charge in [-0.05, 0) is 106 Å². The average Bonchev–Trinajstić information content (AvgIpc) is 2.56. The molecule has 1 atom stereocenters. The van der Waals surface area contributed by atoms with Crippen molar-refractivity contribution in [1.29, 1.82) is 0 Å². The fraction of sp³-hybridized carbons (Fsp3) is 0.125. The van der Waals surface area contributed by atoms with E-state index in [1.54, 1.807) is 12.1 Å². The Morgan fingerprint density at radius 3 is 1.92 bits per heavy atom. The summed E-state index contributed by atoms with van der Waals surface area (Å²) < 4.78 is 0.297. The number of carbonyl (C=O) groups excluding carboxylic acids is 1. The molecule has 0 aliphatic heterocycles. The number of hydrogen-bond acceptors (Lipinski definition) is 2. The maximum Gasteiger partial charge on any atom is 0.252 e. The second-order valence-electron chi connectivity index (χ2n) is 5.06. The minimum absolute atomic E-state index is 0.213. The van der Waals surface area contributed by atoms with Gasteiger partial charge < -0.3 is 16.0 Å². The first-order valence-electron chi connectivity index (χ1n) is 7.11. The summed E-state index contributed by atoms with van der Waals surface area (Å²) in [7, 11) is 0. The predicted octanol–water partition coefficient (Wildman–Crippen LogP) is 5.31. The Morgan fingerprint density at radius 1 is 0.923 bits per heavy atom. The lowest BCUT2D eigenvalue weighted by Crippen LogP contribution is -2.56. The van der Waals surface area contributed by atoms with Gasteiger partial charge in [0.15, 0.2) is 5.11 Å². The molecule has 138 valence electrons. The molecule has 4 nitrogen and oxygen atoms in total. The van der Waals surface area contributed by atoms with E-state index in [2.05, 4.69) is 61.1 Å². The van der Waals surface area contributed by atoms with E-state index in [1.165, 1.54) is 0 Å². The number of anilines is 1. The van der Waals surface area contributed by atoms with Crippen molar-refractivity contribution < 1.29 is 4.79 Å². The second kappa shape index (κ2) is 9.92. The molecule has 0 aromatic heterocycles. The minimum Gasteiger partial charge on any atom is -0.339 e. The van der Waals surface area contributed by atoms with Crippen LogP contribution < -0.4 is 16.0 Å². The summed E-state index contributed by atoms with van der Waals surface area (Å²) in [4.78, 5) is 12.4. The van der Waals surface area contributed by atoms with Crippen molar-refractivity contribution in [3.63, 3.8) is 0 Å². The van der Waals surface area contributed by atoms with Crippen LogP contribution in [0.15, 0.2) is 48.5 Å². The summed E-state index contributed by atoms with van der Waals surface area (Å²) in [5, 5.41) is 8.66. The number of amides is 1. The van der Waals surface area contributed by atoms with Crippen LogP contribution in [0.3, 0.4) is 0 Å². The Bertz CT molecular complexity index is 783. The zero-order valence-electron chi connectivity index (χ0n) is 12.9. The molecule has 0 fully saturated rings. The number of halogens is 5. The summed E-state index contributed by atoms with van der Waals surface area (Å²) in [6.45, 7) is 0. The third kappa shape index (κ3) is 7.16. The SMILES string of the molecule is O=C(NC(NC(=S)Nc1ccc(I)cc1)C(Cl)(Cl)Cl)c1ccc(I)cc1. The molecule has 2 rings (SSSR count). The van der Waals surface area contributed by atoms with Crippen LogP contribution in [0.4, 0.5) is 5.69 Å². The largest absolute Gasteiger partial charge is 0.339 e. The number of benzene rings is 2. The first-order chi connectivity index (χ1) is 12.1. The van der Waals surface area contributed by atoms with Crippen LogP contribution >= 0.6 is 92.2 Å². The highest BCUT2D eigenvalue weighted by atomic mass is 127. The lowest BCUT2D eigenvalue weighted by Gasteiger charge is -2.27. The molecule has 26 heavy (non-hydrogen) atoms. The van der Waals surface area contributed by atoms with Crippen LogP contribution in [-0.2, 0) is 0 Å². The fourth-order valence-electron chi connectivity index (χ4n) is 1.85. The number of hydrogen-bond donors (Lipinski definition) is 3. The molecule has 1 amide bonds. The third-order valence-electron chi connectivity index (χ3n) is 3.09. The zero-order valence-corrected chi connectivity index (χ0v) is 20.3. The van der Waals surface area contributed by atoms with Crippen LogP contribution in [0.25, 0.3) is 0 Å². The molecule has 2 aromatic rings. The van der Waals surface area contributed by atoms with Crippen molar-refractivity contribution in [2.45, 2.75) is 9.96 Å². The smallest absolute Gasteiger partial charge is 0.252 e. The summed E-state index contributed by atoms with van der Waals surface area (Å²) in [6.07, 6.45) is -1.02. The van der Waals surface area contributed by atoms with Gasteiger partial charge in [-0.25, -0.2) is 0 Å². The van der Waals surface area contributed by atoms with Gasteiger partial charge >= 0.3 is 0 Å². The van der Waals surface area contributed by atoms with E-state index in [4.69, 9.17) is 47.0 Å². The van der Waals surface area contributed by atoms with Gasteiger partial charge in [0.05, 0.1) is 0 Å². The van der Waals surface area contributed by atoms with Crippen molar-refractivity contribution >= 4 is 109 Å². The van der Waals surface area contributed by atoms with Gasteiger partial charge in [-0.15, -0.1) is 0 Å². The number of thiocarbonyl (C=S) groups is 1. The quantitative estimate of drug-likeness (QED) is 0.181. The van der Waals surface area contributed by atoms with Crippen LogP contribution in [0.1, 0.15) is 10.4 Å². The Kier molecular flexibility index (Phi) is 8.48. The molecule has 0 aliphatic rings. The van der Waals surface area contributed by atoms with Crippen molar-refractivity contribution in [3.05, 3.63) is 61.2 Å². The van der Waals surface area contributed by atoms with Gasteiger partial charge in [0.25, 0.3) is 5.91 Å². The van der Waals surface area contributed by atoms with Gasteiger partial charge in [-0.3, -0.25) is 4.79 Å². The van der Waals surface area contributed by atoms with Gasteiger partial charge in [-0.2, -0.15) is 0 Å². The molecule has 0 saturated carbocycles. The highest BCUT2D eigenvalue weighted by Gasteiger charge is 2.34. The van der Waals surface area contributed by atoms with E-state index < -0.39 is 9.96 Å². The first-order valence-corrected chi connectivity index (χ1v) is 10.8. The van der Waals surface area contributed by atoms with E-state index >= 15 is 0 Å². The van der Waals surface area contributed by atoms with E-state index in [1.807, 2.05) is 36.4 Å². The minimum atomic E-state index is -1.81. The van der Waals surface area contributed by atoms with Gasteiger partial charge in [0, 0.05) is 18.4 Å². The van der Waals surface area contributed by atoms with Crippen LogP contribution in [0.5, 0.6) is 0 Å². The Hall–Kier alpha value is -0.0700. The van der Waals surface area contributed by atoms with Crippen LogP contribution in [0.2, 0.25) is 0 Å². The number of nitrogens with one attached hydrogen (secondary N) is 3. The highest BCUT2D eigenvalue weighted by Crippen LogP contribution is 2.29. The molecule has 0 spiro atoms. The normalized spacial score (nSPS) is 12.2. The highest BCUT2D eigenvalue weighted by molar-refractivity contribution is 14.1. The molecule has 0 heterocycles. The summed E-state index contributed by atoms with van der Waals surface area (Å²) in [5.41, 5.74) is 1.22. The molecule has 10 heteroatoms. The Labute approximate surface area is 199 Å². The van der Waals surface area contributed by atoms with Crippen LogP contribution in [0, 0.1) is 7.14 Å². The van der Waals surface area contributed by atoms with Gasteiger partial charge in [0.1, 0.15) is 6.17 Å². The van der Waals surface area contributed by atoms with E-state index in [0.717, 1.165) is 12.8 Å². The maximum absolute atomic E-state index is 12.4. The van der Waals surface area contributed by atoms with E-state index in [-0.39, 0.29) is 11.0 Å². The molecule has 0 radical (unpaired) electrons. The Morgan fingerprint density at radius 2 is 1.42 bits per heavy atom. The predicted molar refractivity (Wildman–Crippen MR) is 129 cm³/mol. The van der Waals surface area contributed by atoms with E-state index in [9.17, 15) is 4.79 Å². The average molecular weight is 655 g/mol. The third-order valence-corrected chi connectivity index (χ3v) is 5.40. The number of alkyl halides is 3. The maximum atomic E-state index is 12.4. The first kappa shape index (κ1) is 22.2. The molecular weight excluding hydrogens is 642 g/mol. The fourth-order valence-corrected chi connectivity index (χ4v) is 3.13. The molecule has 0 bridgehead atoms. The molecule has 0 saturated heterocycles. The molecule has 1 unspecified atom stereocenters. The molecule has 2 aromatic carbocycles. The van der Waals surface area contributed by atoms with Crippen molar-refractivity contribution in [2.75, 3.05) is 5.32 Å². The summed E-state index contributed by atoms with van der Waals surface area (Å²) in [5.74, 6) is -0.387.